The summed E-state index contributed by atoms with van der Waals surface area (Å²) in [6, 6.07) is 16.5. The van der Waals surface area contributed by atoms with Gasteiger partial charge in [0.25, 0.3) is 5.91 Å². The molecule has 0 spiro atoms. The Morgan fingerprint density at radius 1 is 0.960 bits per heavy atom. The maximum absolute atomic E-state index is 13.2. The van der Waals surface area contributed by atoms with Crippen molar-refractivity contribution in [3.05, 3.63) is 60.2 Å². The van der Waals surface area contributed by atoms with Crippen LogP contribution in [0, 0.1) is 5.41 Å². The number of rotatable bonds is 4. The molecule has 2 aromatic carbocycles. The fraction of sp³-hybridized carbons (Fsp3) is 0.333. The minimum atomic E-state index is -0.672. The molecule has 132 valence electrons. The van der Waals surface area contributed by atoms with E-state index in [9.17, 15) is 9.59 Å². The van der Waals surface area contributed by atoms with Crippen LogP contribution in [0.5, 0.6) is 0 Å². The fourth-order valence-electron chi connectivity index (χ4n) is 3.05. The summed E-state index contributed by atoms with van der Waals surface area (Å²) in [6.07, 6.45) is 0. The Morgan fingerprint density at radius 3 is 2.08 bits per heavy atom. The predicted molar refractivity (Wildman–Crippen MR) is 99.2 cm³/mol. The number of methoxy groups -OCH3 is 1. The summed E-state index contributed by atoms with van der Waals surface area (Å²) >= 11 is 0. The largest absolute Gasteiger partial charge is 0.467 e. The van der Waals surface area contributed by atoms with Gasteiger partial charge >= 0.3 is 5.97 Å². The SMILES string of the molecule is COC(=O)C(N(C)C(=O)c1ccccc1-c1ccccc1)C(C)(C)C. The van der Waals surface area contributed by atoms with Crippen molar-refractivity contribution >= 4 is 11.9 Å². The van der Waals surface area contributed by atoms with E-state index in [1.807, 2.05) is 69.3 Å². The lowest BCUT2D eigenvalue weighted by molar-refractivity contribution is -0.149. The van der Waals surface area contributed by atoms with Crippen molar-refractivity contribution in [1.29, 1.82) is 0 Å². The molecular weight excluding hydrogens is 314 g/mol. The third-order valence-electron chi connectivity index (χ3n) is 4.19. The zero-order chi connectivity index (χ0) is 18.6. The second kappa shape index (κ2) is 7.51. The Labute approximate surface area is 149 Å². The number of hydrogen-bond acceptors (Lipinski definition) is 3. The van der Waals surface area contributed by atoms with Gasteiger partial charge in [0.2, 0.25) is 0 Å². The van der Waals surface area contributed by atoms with Crippen LogP contribution in [0.15, 0.2) is 54.6 Å². The van der Waals surface area contributed by atoms with Crippen LogP contribution in [0.25, 0.3) is 11.1 Å². The van der Waals surface area contributed by atoms with E-state index in [1.165, 1.54) is 12.0 Å². The molecule has 0 saturated heterocycles. The average molecular weight is 339 g/mol. The zero-order valence-electron chi connectivity index (χ0n) is 15.4. The molecule has 0 aliphatic rings. The van der Waals surface area contributed by atoms with E-state index >= 15 is 0 Å². The number of likely N-dealkylation sites (N-methyl/N-ethyl adjacent to an activating group) is 1. The minimum absolute atomic E-state index is 0.204. The topological polar surface area (TPSA) is 46.6 Å². The first-order valence-corrected chi connectivity index (χ1v) is 8.27. The van der Waals surface area contributed by atoms with Crippen LogP contribution >= 0.6 is 0 Å². The number of nitrogens with zero attached hydrogens (tertiary/aromatic N) is 1. The molecule has 0 aliphatic heterocycles. The van der Waals surface area contributed by atoms with Gasteiger partial charge in [0.05, 0.1) is 7.11 Å². The lowest BCUT2D eigenvalue weighted by Gasteiger charge is -2.36. The van der Waals surface area contributed by atoms with E-state index in [0.717, 1.165) is 11.1 Å². The van der Waals surface area contributed by atoms with E-state index < -0.39 is 17.4 Å². The number of hydrogen-bond donors (Lipinski definition) is 0. The van der Waals surface area contributed by atoms with Crippen LogP contribution in [0.3, 0.4) is 0 Å². The molecule has 0 saturated carbocycles. The summed E-state index contributed by atoms with van der Waals surface area (Å²) in [5.41, 5.74) is 1.93. The molecule has 0 heterocycles. The molecule has 25 heavy (non-hydrogen) atoms. The summed E-state index contributed by atoms with van der Waals surface area (Å²) in [4.78, 5) is 26.9. The first kappa shape index (κ1) is 18.7. The molecule has 2 aromatic rings. The molecule has 4 heteroatoms. The summed E-state index contributed by atoms with van der Waals surface area (Å²) in [5.74, 6) is -0.620. The van der Waals surface area contributed by atoms with Gasteiger partial charge in [-0.25, -0.2) is 4.79 Å². The van der Waals surface area contributed by atoms with Crippen LogP contribution in [0.4, 0.5) is 0 Å². The smallest absolute Gasteiger partial charge is 0.329 e. The molecule has 0 bridgehead atoms. The van der Waals surface area contributed by atoms with Gasteiger partial charge in [-0.3, -0.25) is 4.79 Å². The minimum Gasteiger partial charge on any atom is -0.467 e. The van der Waals surface area contributed by atoms with Gasteiger partial charge in [0, 0.05) is 12.6 Å². The Kier molecular flexibility index (Phi) is 5.62. The lowest BCUT2D eigenvalue weighted by Crippen LogP contribution is -2.50. The Bertz CT molecular complexity index is 747. The number of ether oxygens (including phenoxy) is 1. The average Bonchev–Trinajstić information content (AvgIpc) is 2.60. The maximum Gasteiger partial charge on any atom is 0.329 e. The van der Waals surface area contributed by atoms with Gasteiger partial charge in [0.15, 0.2) is 0 Å². The highest BCUT2D eigenvalue weighted by Crippen LogP contribution is 2.29. The predicted octanol–water partition coefficient (Wildman–Crippen LogP) is 4.01. The van der Waals surface area contributed by atoms with E-state index in [2.05, 4.69) is 0 Å². The van der Waals surface area contributed by atoms with Gasteiger partial charge < -0.3 is 9.64 Å². The molecule has 2 rings (SSSR count). The number of carbonyl (C=O) groups is 2. The number of benzene rings is 2. The van der Waals surface area contributed by atoms with Crippen molar-refractivity contribution in [2.75, 3.05) is 14.2 Å². The summed E-state index contributed by atoms with van der Waals surface area (Å²) in [7, 11) is 2.99. The van der Waals surface area contributed by atoms with Crippen molar-refractivity contribution in [2.45, 2.75) is 26.8 Å². The fourth-order valence-corrected chi connectivity index (χ4v) is 3.05. The van der Waals surface area contributed by atoms with Crippen LogP contribution < -0.4 is 0 Å². The molecule has 1 atom stereocenters. The molecule has 0 radical (unpaired) electrons. The van der Waals surface area contributed by atoms with Gasteiger partial charge in [-0.15, -0.1) is 0 Å². The van der Waals surface area contributed by atoms with Gasteiger partial charge in [-0.2, -0.15) is 0 Å². The lowest BCUT2D eigenvalue weighted by atomic mass is 9.85. The van der Waals surface area contributed by atoms with Crippen molar-refractivity contribution in [1.82, 2.24) is 4.90 Å². The Hall–Kier alpha value is -2.62. The van der Waals surface area contributed by atoms with Crippen molar-refractivity contribution in [3.63, 3.8) is 0 Å². The summed E-state index contributed by atoms with van der Waals surface area (Å²) in [5, 5.41) is 0. The first-order chi connectivity index (χ1) is 11.8. The van der Waals surface area contributed by atoms with Gasteiger partial charge in [-0.1, -0.05) is 69.3 Å². The molecule has 0 aromatic heterocycles. The molecule has 0 fully saturated rings. The molecule has 0 aliphatic carbocycles. The van der Waals surface area contributed by atoms with Crippen LogP contribution in [0.2, 0.25) is 0 Å². The van der Waals surface area contributed by atoms with Crippen molar-refractivity contribution in [3.8, 4) is 11.1 Å². The van der Waals surface area contributed by atoms with E-state index in [-0.39, 0.29) is 5.91 Å². The molecular formula is C21H25NO3. The van der Waals surface area contributed by atoms with E-state index in [4.69, 9.17) is 4.74 Å². The van der Waals surface area contributed by atoms with Gasteiger partial charge in [-0.05, 0) is 22.6 Å². The van der Waals surface area contributed by atoms with Crippen LogP contribution in [-0.4, -0.2) is 37.0 Å². The zero-order valence-corrected chi connectivity index (χ0v) is 15.4. The number of amides is 1. The summed E-state index contributed by atoms with van der Waals surface area (Å²) in [6.45, 7) is 5.75. The van der Waals surface area contributed by atoms with E-state index in [0.29, 0.717) is 5.56 Å². The number of carbonyl (C=O) groups excluding carboxylic acids is 2. The van der Waals surface area contributed by atoms with Gasteiger partial charge in [0.1, 0.15) is 6.04 Å². The number of esters is 1. The highest BCUT2D eigenvalue weighted by molar-refractivity contribution is 6.02. The van der Waals surface area contributed by atoms with Crippen molar-refractivity contribution in [2.24, 2.45) is 5.41 Å². The normalized spacial score (nSPS) is 12.4. The molecule has 4 nitrogen and oxygen atoms in total. The second-order valence-corrected chi connectivity index (χ2v) is 7.12. The highest BCUT2D eigenvalue weighted by Gasteiger charge is 2.38. The first-order valence-electron chi connectivity index (χ1n) is 8.27. The third-order valence-corrected chi connectivity index (χ3v) is 4.19. The highest BCUT2D eigenvalue weighted by atomic mass is 16.5. The quantitative estimate of drug-likeness (QED) is 0.791. The summed E-state index contributed by atoms with van der Waals surface area (Å²) < 4.78 is 4.93. The third kappa shape index (κ3) is 4.08. The standard InChI is InChI=1S/C21H25NO3/c1-21(2,3)18(20(24)25-5)22(4)19(23)17-14-10-9-13-16(17)15-11-7-6-8-12-15/h6-14,18H,1-5H3. The Morgan fingerprint density at radius 2 is 1.52 bits per heavy atom. The van der Waals surface area contributed by atoms with E-state index in [1.54, 1.807) is 13.1 Å². The molecule has 1 amide bonds. The van der Waals surface area contributed by atoms with Crippen LogP contribution in [-0.2, 0) is 9.53 Å². The second-order valence-electron chi connectivity index (χ2n) is 7.12. The maximum atomic E-state index is 13.2. The van der Waals surface area contributed by atoms with Crippen molar-refractivity contribution < 1.29 is 14.3 Å². The molecule has 1 unspecified atom stereocenters. The van der Waals surface area contributed by atoms with Crippen LogP contribution in [0.1, 0.15) is 31.1 Å². The monoisotopic (exact) mass is 339 g/mol. The molecule has 0 N–H and O–H groups in total. The Balaban J connectivity index is 2.45.